The van der Waals surface area contributed by atoms with Crippen molar-refractivity contribution in [2.24, 2.45) is 10.7 Å². The molecule has 0 aliphatic heterocycles. The van der Waals surface area contributed by atoms with Gasteiger partial charge in [-0.05, 0) is 20.8 Å². The molecule has 0 fully saturated rings. The molecule has 1 rings (SSSR count). The van der Waals surface area contributed by atoms with Crippen molar-refractivity contribution in [3.8, 4) is 0 Å². The van der Waals surface area contributed by atoms with Crippen LogP contribution in [0.5, 0.6) is 0 Å². The molecule has 0 saturated heterocycles. The van der Waals surface area contributed by atoms with E-state index in [0.29, 0.717) is 24.2 Å². The molecule has 0 aliphatic carbocycles. The largest absolute Gasteiger partial charge is 0.370 e. The zero-order valence-electron chi connectivity index (χ0n) is 12.4. The minimum atomic E-state index is -0.149. The summed E-state index contributed by atoms with van der Waals surface area (Å²) in [6.45, 7) is 12.4. The Kier molecular flexibility index (Phi) is 6.24. The smallest absolute Gasteiger partial charge is 0.232 e. The van der Waals surface area contributed by atoms with Crippen molar-refractivity contribution in [1.82, 2.24) is 15.5 Å². The van der Waals surface area contributed by atoms with Crippen LogP contribution in [0.2, 0.25) is 0 Å². The number of guanidine groups is 1. The molecule has 19 heavy (non-hydrogen) atoms. The highest BCUT2D eigenvalue weighted by Gasteiger charge is 2.21. The van der Waals surface area contributed by atoms with Crippen molar-refractivity contribution < 1.29 is 4.52 Å². The highest BCUT2D eigenvalue weighted by Crippen LogP contribution is 2.19. The highest BCUT2D eigenvalue weighted by molar-refractivity contribution is 14.0. The maximum atomic E-state index is 5.75. The number of aliphatic imine (C=N–C) groups is 1. The van der Waals surface area contributed by atoms with Gasteiger partial charge in [0.2, 0.25) is 5.89 Å². The van der Waals surface area contributed by atoms with Crippen LogP contribution in [0, 0.1) is 0 Å². The number of hydrogen-bond donors (Lipinski definition) is 2. The first kappa shape index (κ1) is 18.1. The standard InChI is InChI=1S/C12H23N5O.HI/c1-11(2,3)9-15-8(17-18-9)7-14-10(13)16-12(4,5)6;/h7H2,1-6H3,(H3,13,14,16);1H. The van der Waals surface area contributed by atoms with Gasteiger partial charge in [0, 0.05) is 11.0 Å². The number of aromatic nitrogens is 2. The van der Waals surface area contributed by atoms with Crippen molar-refractivity contribution in [2.45, 2.75) is 59.0 Å². The molecule has 0 amide bonds. The summed E-state index contributed by atoms with van der Waals surface area (Å²) >= 11 is 0. The molecule has 0 spiro atoms. The second-order valence-electron chi connectivity index (χ2n) is 6.34. The topological polar surface area (TPSA) is 89.3 Å². The second kappa shape index (κ2) is 6.53. The summed E-state index contributed by atoms with van der Waals surface area (Å²) in [5.74, 6) is 1.53. The predicted molar refractivity (Wildman–Crippen MR) is 86.6 cm³/mol. The minimum absolute atomic E-state index is 0. The Labute approximate surface area is 131 Å². The lowest BCUT2D eigenvalue weighted by molar-refractivity contribution is 0.318. The third-order valence-electron chi connectivity index (χ3n) is 2.00. The second-order valence-corrected chi connectivity index (χ2v) is 6.34. The molecule has 0 radical (unpaired) electrons. The Hall–Kier alpha value is -0.860. The van der Waals surface area contributed by atoms with Gasteiger partial charge in [-0.1, -0.05) is 25.9 Å². The number of halogens is 1. The van der Waals surface area contributed by atoms with Crippen molar-refractivity contribution in [2.75, 3.05) is 0 Å². The van der Waals surface area contributed by atoms with E-state index in [4.69, 9.17) is 10.3 Å². The molecular weight excluding hydrogens is 357 g/mol. The van der Waals surface area contributed by atoms with Gasteiger partial charge in [0.25, 0.3) is 0 Å². The van der Waals surface area contributed by atoms with E-state index in [1.807, 2.05) is 41.5 Å². The van der Waals surface area contributed by atoms with E-state index in [1.54, 1.807) is 0 Å². The Bertz CT molecular complexity index is 428. The Morgan fingerprint density at radius 2 is 1.84 bits per heavy atom. The third kappa shape index (κ3) is 6.74. The predicted octanol–water partition coefficient (Wildman–Crippen LogP) is 2.19. The van der Waals surface area contributed by atoms with E-state index in [0.717, 1.165) is 0 Å². The fourth-order valence-electron chi connectivity index (χ4n) is 1.20. The third-order valence-corrected chi connectivity index (χ3v) is 2.00. The minimum Gasteiger partial charge on any atom is -0.370 e. The molecule has 1 heterocycles. The van der Waals surface area contributed by atoms with Gasteiger partial charge in [0.15, 0.2) is 11.8 Å². The molecule has 1 aromatic rings. The summed E-state index contributed by atoms with van der Waals surface area (Å²) in [5.41, 5.74) is 5.49. The van der Waals surface area contributed by atoms with Crippen LogP contribution in [0.3, 0.4) is 0 Å². The fourth-order valence-corrected chi connectivity index (χ4v) is 1.20. The van der Waals surface area contributed by atoms with Gasteiger partial charge in [-0.15, -0.1) is 24.0 Å². The number of rotatable bonds is 2. The normalized spacial score (nSPS) is 13.1. The molecular formula is C12H24IN5O. The number of nitrogens with two attached hydrogens (primary N) is 1. The summed E-state index contributed by atoms with van der Waals surface area (Å²) in [4.78, 5) is 8.46. The van der Waals surface area contributed by atoms with Crippen LogP contribution in [0.15, 0.2) is 9.52 Å². The molecule has 0 atom stereocenters. The van der Waals surface area contributed by atoms with E-state index < -0.39 is 0 Å². The lowest BCUT2D eigenvalue weighted by atomic mass is 9.97. The number of hydrogen-bond acceptors (Lipinski definition) is 4. The fraction of sp³-hybridized carbons (Fsp3) is 0.750. The quantitative estimate of drug-likeness (QED) is 0.466. The first-order chi connectivity index (χ1) is 8.08. The molecule has 3 N–H and O–H groups in total. The van der Waals surface area contributed by atoms with Crippen LogP contribution < -0.4 is 11.1 Å². The molecule has 0 aliphatic rings. The van der Waals surface area contributed by atoms with E-state index in [1.165, 1.54) is 0 Å². The monoisotopic (exact) mass is 381 g/mol. The van der Waals surface area contributed by atoms with Gasteiger partial charge >= 0.3 is 0 Å². The van der Waals surface area contributed by atoms with Gasteiger partial charge in [0.05, 0.1) is 0 Å². The number of nitrogens with one attached hydrogen (secondary N) is 1. The van der Waals surface area contributed by atoms with E-state index in [-0.39, 0.29) is 34.9 Å². The molecule has 0 aromatic carbocycles. The highest BCUT2D eigenvalue weighted by atomic mass is 127. The molecule has 7 heteroatoms. The van der Waals surface area contributed by atoms with Crippen molar-refractivity contribution in [3.05, 3.63) is 11.7 Å². The van der Waals surface area contributed by atoms with Crippen LogP contribution in [-0.2, 0) is 12.0 Å². The summed E-state index contributed by atoms with van der Waals surface area (Å²) in [5, 5.41) is 6.94. The Balaban J connectivity index is 0.00000324. The van der Waals surface area contributed by atoms with Crippen LogP contribution in [0.1, 0.15) is 53.3 Å². The summed E-state index contributed by atoms with van der Waals surface area (Å²) < 4.78 is 5.17. The van der Waals surface area contributed by atoms with Gasteiger partial charge in [-0.3, -0.25) is 0 Å². The van der Waals surface area contributed by atoms with E-state index in [2.05, 4.69) is 20.4 Å². The first-order valence-electron chi connectivity index (χ1n) is 5.99. The van der Waals surface area contributed by atoms with E-state index >= 15 is 0 Å². The molecule has 110 valence electrons. The Morgan fingerprint density at radius 3 is 2.26 bits per heavy atom. The molecule has 6 nitrogen and oxygen atoms in total. The summed E-state index contributed by atoms with van der Waals surface area (Å²) in [7, 11) is 0. The molecule has 0 unspecified atom stereocenters. The van der Waals surface area contributed by atoms with Gasteiger partial charge < -0.3 is 15.6 Å². The zero-order chi connectivity index (χ0) is 14.0. The average Bonchev–Trinajstić information content (AvgIpc) is 2.59. The van der Waals surface area contributed by atoms with Crippen molar-refractivity contribution in [1.29, 1.82) is 0 Å². The van der Waals surface area contributed by atoms with Crippen molar-refractivity contribution in [3.63, 3.8) is 0 Å². The first-order valence-corrected chi connectivity index (χ1v) is 5.99. The van der Waals surface area contributed by atoms with Crippen LogP contribution >= 0.6 is 24.0 Å². The average molecular weight is 381 g/mol. The molecule has 1 aromatic heterocycles. The lowest BCUT2D eigenvalue weighted by Crippen LogP contribution is -2.45. The van der Waals surface area contributed by atoms with Crippen LogP contribution in [0.4, 0.5) is 0 Å². The molecule has 0 bridgehead atoms. The van der Waals surface area contributed by atoms with Crippen molar-refractivity contribution >= 4 is 29.9 Å². The van der Waals surface area contributed by atoms with E-state index in [9.17, 15) is 0 Å². The maximum absolute atomic E-state index is 5.75. The zero-order valence-corrected chi connectivity index (χ0v) is 14.8. The lowest BCUT2D eigenvalue weighted by Gasteiger charge is -2.20. The van der Waals surface area contributed by atoms with Crippen LogP contribution in [0.25, 0.3) is 0 Å². The maximum Gasteiger partial charge on any atom is 0.232 e. The van der Waals surface area contributed by atoms with Gasteiger partial charge in [0.1, 0.15) is 6.54 Å². The van der Waals surface area contributed by atoms with Crippen LogP contribution in [-0.4, -0.2) is 21.6 Å². The summed E-state index contributed by atoms with van der Waals surface area (Å²) in [6, 6.07) is 0. The molecule has 0 saturated carbocycles. The Morgan fingerprint density at radius 1 is 1.26 bits per heavy atom. The number of nitrogens with zero attached hydrogens (tertiary/aromatic N) is 3. The van der Waals surface area contributed by atoms with Gasteiger partial charge in [-0.2, -0.15) is 4.98 Å². The van der Waals surface area contributed by atoms with Gasteiger partial charge in [-0.25, -0.2) is 4.99 Å². The SMILES string of the molecule is CC(C)(C)NC(N)=NCc1noc(C(C)(C)C)n1.I. The summed E-state index contributed by atoms with van der Waals surface area (Å²) in [6.07, 6.45) is 0.